The molecule has 19 heavy (non-hydrogen) atoms. The first kappa shape index (κ1) is 13.6. The number of ether oxygens (including phenoxy) is 1. The van der Waals surface area contributed by atoms with Crippen LogP contribution in [0.1, 0.15) is 17.2 Å². The molecule has 0 aliphatic rings. The third-order valence-electron chi connectivity index (χ3n) is 3.23. The first-order valence-electron chi connectivity index (χ1n) is 6.29. The Labute approximate surface area is 113 Å². The highest BCUT2D eigenvalue weighted by atomic mass is 19.1. The van der Waals surface area contributed by atoms with Crippen LogP contribution in [0.3, 0.4) is 0 Å². The number of likely N-dealkylation sites (N-methyl/N-ethyl adjacent to an activating group) is 1. The molecule has 2 rings (SSSR count). The Morgan fingerprint density at radius 2 is 1.95 bits per heavy atom. The zero-order chi connectivity index (χ0) is 13.7. The normalized spacial score (nSPS) is 12.2. The van der Waals surface area contributed by atoms with Gasteiger partial charge in [-0.25, -0.2) is 4.39 Å². The molecule has 0 saturated heterocycles. The Hall–Kier alpha value is -1.87. The van der Waals surface area contributed by atoms with E-state index in [1.165, 1.54) is 6.07 Å². The molecule has 0 heterocycles. The largest absolute Gasteiger partial charge is 0.497 e. The molecule has 2 aromatic rings. The van der Waals surface area contributed by atoms with Gasteiger partial charge < -0.3 is 10.1 Å². The number of hydrogen-bond acceptors (Lipinski definition) is 2. The topological polar surface area (TPSA) is 21.3 Å². The summed E-state index contributed by atoms with van der Waals surface area (Å²) >= 11 is 0. The van der Waals surface area contributed by atoms with Gasteiger partial charge in [0, 0.05) is 6.04 Å². The van der Waals surface area contributed by atoms with Crippen molar-refractivity contribution in [3.05, 3.63) is 65.5 Å². The van der Waals surface area contributed by atoms with Crippen LogP contribution in [0, 0.1) is 5.82 Å². The number of halogens is 1. The minimum atomic E-state index is -0.161. The summed E-state index contributed by atoms with van der Waals surface area (Å²) in [6.45, 7) is 0. The van der Waals surface area contributed by atoms with Crippen LogP contribution in [0.4, 0.5) is 4.39 Å². The molecule has 0 amide bonds. The van der Waals surface area contributed by atoms with Crippen molar-refractivity contribution in [1.82, 2.24) is 5.32 Å². The molecule has 2 nitrogen and oxygen atoms in total. The molecule has 1 N–H and O–H groups in total. The van der Waals surface area contributed by atoms with Gasteiger partial charge in [0.25, 0.3) is 0 Å². The zero-order valence-corrected chi connectivity index (χ0v) is 11.2. The summed E-state index contributed by atoms with van der Waals surface area (Å²) in [6, 6.07) is 14.8. The van der Waals surface area contributed by atoms with Crippen molar-refractivity contribution < 1.29 is 9.13 Å². The molecule has 0 aliphatic carbocycles. The molecule has 1 unspecified atom stereocenters. The van der Waals surface area contributed by atoms with E-state index in [-0.39, 0.29) is 11.9 Å². The summed E-state index contributed by atoms with van der Waals surface area (Å²) < 4.78 is 18.9. The summed E-state index contributed by atoms with van der Waals surface area (Å²) in [5.74, 6) is 0.650. The fourth-order valence-corrected chi connectivity index (χ4v) is 2.13. The van der Waals surface area contributed by atoms with Crippen LogP contribution in [0.2, 0.25) is 0 Å². The summed E-state index contributed by atoms with van der Waals surface area (Å²) in [4.78, 5) is 0. The highest BCUT2D eigenvalue weighted by molar-refractivity contribution is 5.32. The first-order valence-corrected chi connectivity index (χ1v) is 6.29. The van der Waals surface area contributed by atoms with E-state index in [2.05, 4.69) is 5.32 Å². The molecule has 1 atom stereocenters. The minimum Gasteiger partial charge on any atom is -0.497 e. The zero-order valence-electron chi connectivity index (χ0n) is 11.2. The third-order valence-corrected chi connectivity index (χ3v) is 3.23. The third kappa shape index (κ3) is 3.32. The quantitative estimate of drug-likeness (QED) is 0.889. The van der Waals surface area contributed by atoms with Gasteiger partial charge in [-0.3, -0.25) is 0 Å². The number of nitrogens with one attached hydrogen (secondary N) is 1. The second kappa shape index (κ2) is 6.34. The van der Waals surface area contributed by atoms with E-state index in [1.807, 2.05) is 43.4 Å². The van der Waals surface area contributed by atoms with Crippen LogP contribution in [0.25, 0.3) is 0 Å². The summed E-state index contributed by atoms with van der Waals surface area (Å²) in [6.07, 6.45) is 0.607. The van der Waals surface area contributed by atoms with Crippen LogP contribution >= 0.6 is 0 Å². The second-order valence-electron chi connectivity index (χ2n) is 4.41. The van der Waals surface area contributed by atoms with Crippen molar-refractivity contribution in [2.24, 2.45) is 0 Å². The lowest BCUT2D eigenvalue weighted by atomic mass is 9.98. The van der Waals surface area contributed by atoms with Gasteiger partial charge in [-0.1, -0.05) is 30.3 Å². The fraction of sp³-hybridized carbons (Fsp3) is 0.250. The van der Waals surface area contributed by atoms with Crippen LogP contribution < -0.4 is 10.1 Å². The molecule has 3 heteroatoms. The molecule has 0 aliphatic heterocycles. The van der Waals surface area contributed by atoms with Gasteiger partial charge in [-0.15, -0.1) is 0 Å². The van der Waals surface area contributed by atoms with Gasteiger partial charge in [-0.2, -0.15) is 0 Å². The predicted molar refractivity (Wildman–Crippen MR) is 74.9 cm³/mol. The average Bonchev–Trinajstić information content (AvgIpc) is 2.46. The van der Waals surface area contributed by atoms with Crippen LogP contribution in [-0.4, -0.2) is 14.2 Å². The lowest BCUT2D eigenvalue weighted by molar-refractivity contribution is 0.413. The van der Waals surface area contributed by atoms with E-state index in [1.54, 1.807) is 13.2 Å². The number of methoxy groups -OCH3 is 1. The lowest BCUT2D eigenvalue weighted by Crippen LogP contribution is -2.19. The van der Waals surface area contributed by atoms with Gasteiger partial charge in [0.2, 0.25) is 0 Å². The smallest absolute Gasteiger partial charge is 0.126 e. The van der Waals surface area contributed by atoms with Gasteiger partial charge in [0.05, 0.1) is 7.11 Å². The van der Waals surface area contributed by atoms with Crippen LogP contribution in [0.15, 0.2) is 48.5 Å². The molecule has 0 fully saturated rings. The average molecular weight is 259 g/mol. The Morgan fingerprint density at radius 3 is 2.63 bits per heavy atom. The molecule has 0 bridgehead atoms. The maximum atomic E-state index is 13.7. The predicted octanol–water partition coefficient (Wildman–Crippen LogP) is 3.34. The highest BCUT2D eigenvalue weighted by Gasteiger charge is 2.13. The molecule has 2 aromatic carbocycles. The van der Waals surface area contributed by atoms with Gasteiger partial charge in [-0.05, 0) is 42.8 Å². The van der Waals surface area contributed by atoms with E-state index in [0.29, 0.717) is 12.0 Å². The van der Waals surface area contributed by atoms with Crippen molar-refractivity contribution in [2.45, 2.75) is 12.5 Å². The number of rotatable bonds is 5. The monoisotopic (exact) mass is 259 g/mol. The van der Waals surface area contributed by atoms with Crippen molar-refractivity contribution in [3.8, 4) is 5.75 Å². The summed E-state index contributed by atoms with van der Waals surface area (Å²) in [5, 5.41) is 3.22. The van der Waals surface area contributed by atoms with Gasteiger partial charge >= 0.3 is 0 Å². The molecular weight excluding hydrogens is 241 g/mol. The molecule has 0 saturated carbocycles. The Balaban J connectivity index is 2.22. The highest BCUT2D eigenvalue weighted by Crippen LogP contribution is 2.23. The number of benzene rings is 2. The Bertz CT molecular complexity index is 542. The Kier molecular flexibility index (Phi) is 4.53. The van der Waals surface area contributed by atoms with E-state index >= 15 is 0 Å². The SMILES string of the molecule is CNC(Cc1ccccc1F)c1cccc(OC)c1. The van der Waals surface area contributed by atoms with E-state index in [4.69, 9.17) is 4.74 Å². The molecule has 0 spiro atoms. The molecule has 100 valence electrons. The maximum absolute atomic E-state index is 13.7. The second-order valence-corrected chi connectivity index (χ2v) is 4.41. The molecule has 0 radical (unpaired) electrons. The van der Waals surface area contributed by atoms with Crippen molar-refractivity contribution in [3.63, 3.8) is 0 Å². The van der Waals surface area contributed by atoms with Crippen molar-refractivity contribution in [1.29, 1.82) is 0 Å². The lowest BCUT2D eigenvalue weighted by Gasteiger charge is -2.17. The van der Waals surface area contributed by atoms with E-state index in [0.717, 1.165) is 11.3 Å². The minimum absolute atomic E-state index is 0.0620. The standard InChI is InChI=1S/C16H18FNO/c1-18-16(11-12-6-3-4-9-15(12)17)13-7-5-8-14(10-13)19-2/h3-10,16,18H,11H2,1-2H3. The number of hydrogen-bond donors (Lipinski definition) is 1. The van der Waals surface area contributed by atoms with Crippen LogP contribution in [-0.2, 0) is 6.42 Å². The fourth-order valence-electron chi connectivity index (χ4n) is 2.13. The van der Waals surface area contributed by atoms with Gasteiger partial charge in [0.15, 0.2) is 0 Å². The summed E-state index contributed by atoms with van der Waals surface area (Å²) in [7, 11) is 3.52. The Morgan fingerprint density at radius 1 is 1.16 bits per heavy atom. The van der Waals surface area contributed by atoms with E-state index < -0.39 is 0 Å². The van der Waals surface area contributed by atoms with Gasteiger partial charge in [0.1, 0.15) is 11.6 Å². The van der Waals surface area contributed by atoms with Crippen molar-refractivity contribution in [2.75, 3.05) is 14.2 Å². The molecule has 0 aromatic heterocycles. The molecular formula is C16H18FNO. The maximum Gasteiger partial charge on any atom is 0.126 e. The van der Waals surface area contributed by atoms with Crippen LogP contribution in [0.5, 0.6) is 5.75 Å². The van der Waals surface area contributed by atoms with E-state index in [9.17, 15) is 4.39 Å². The first-order chi connectivity index (χ1) is 9.24. The summed E-state index contributed by atoms with van der Waals surface area (Å²) in [5.41, 5.74) is 1.80. The van der Waals surface area contributed by atoms with Crippen molar-refractivity contribution >= 4 is 0 Å².